The standard InChI is InChI=1S/C9H29O27P9.BH3/c10-37(11,12)1-3(39(16,17)18)5(41(22,23)24)7(43(28,29)30)9(45(34,35)36)8(44(31,32)33)6(42(25,26)27)4(40(19,20)21)2-38(13,14)15;/h3-9H,1-2H2,(H2,10,11,12)(H2,13,14,15)(H2,16,17,18)(H2,19,20,21)(H2,22,23,24)(H2,25,26,27)(H2,28,29,30)(H2,31,32,33)(H2,34,35,36);1H3. The first-order chi connectivity index (χ1) is 19.0. The topological polar surface area (TPSA) is 518 Å². The monoisotopic (exact) mass is 862 g/mol. The summed E-state index contributed by atoms with van der Waals surface area (Å²) in [5.41, 5.74) is -29.3. The molecule has 0 amide bonds. The van der Waals surface area contributed by atoms with Crippen molar-refractivity contribution in [2.24, 2.45) is 0 Å². The molecular formula is C9H32BO27P9. The first-order valence-electron chi connectivity index (χ1n) is 10.5. The van der Waals surface area contributed by atoms with Gasteiger partial charge in [-0.25, -0.2) is 0 Å². The average Bonchev–Trinajstić information content (AvgIpc) is 2.62. The van der Waals surface area contributed by atoms with Crippen molar-refractivity contribution in [2.75, 3.05) is 12.3 Å². The van der Waals surface area contributed by atoms with E-state index in [4.69, 9.17) is 0 Å². The molecule has 0 spiro atoms. The lowest BCUT2D eigenvalue weighted by atomic mass is 10.1. The second kappa shape index (κ2) is 15.6. The van der Waals surface area contributed by atoms with Crippen LogP contribution in [0, 0.1) is 0 Å². The highest BCUT2D eigenvalue weighted by molar-refractivity contribution is 7.64. The van der Waals surface area contributed by atoms with Gasteiger partial charge in [-0.15, -0.1) is 0 Å². The summed E-state index contributed by atoms with van der Waals surface area (Å²) in [7, 11) is -60.5. The summed E-state index contributed by atoms with van der Waals surface area (Å²) in [4.78, 5) is 175. The average molecular weight is 862 g/mol. The van der Waals surface area contributed by atoms with Gasteiger partial charge in [0.2, 0.25) is 0 Å². The molecule has 37 heteroatoms. The van der Waals surface area contributed by atoms with Crippen molar-refractivity contribution in [3.63, 3.8) is 0 Å². The molecule has 27 nitrogen and oxygen atoms in total. The van der Waals surface area contributed by atoms with Gasteiger partial charge in [0.15, 0.2) is 0 Å². The van der Waals surface area contributed by atoms with Gasteiger partial charge < -0.3 is 88.1 Å². The van der Waals surface area contributed by atoms with Crippen molar-refractivity contribution in [2.45, 2.75) is 39.6 Å². The van der Waals surface area contributed by atoms with Crippen molar-refractivity contribution in [1.29, 1.82) is 0 Å². The zero-order chi connectivity index (χ0) is 37.0. The van der Waals surface area contributed by atoms with E-state index in [1.54, 1.807) is 0 Å². The maximum Gasteiger partial charge on any atom is 0.330 e. The second-order valence-corrected chi connectivity index (χ2v) is 25.4. The highest BCUT2D eigenvalue weighted by atomic mass is 31.2. The van der Waals surface area contributed by atoms with E-state index in [9.17, 15) is 129 Å². The minimum absolute atomic E-state index is 0. The molecule has 0 aromatic heterocycles. The Bertz CT molecular complexity index is 1400. The second-order valence-electron chi connectivity index (χ2n) is 9.41. The Labute approximate surface area is 257 Å². The van der Waals surface area contributed by atoms with E-state index < -0.39 is 120 Å². The first-order valence-corrected chi connectivity index (χ1v) is 25.9. The lowest BCUT2D eigenvalue weighted by molar-refractivity contribution is 0.274. The van der Waals surface area contributed by atoms with Crippen LogP contribution in [0.25, 0.3) is 0 Å². The molecule has 278 valence electrons. The fourth-order valence-corrected chi connectivity index (χ4v) is 23.1. The normalized spacial score (nSPS) is 19.7. The molecule has 0 aromatic carbocycles. The molecule has 0 saturated carbocycles. The quantitative estimate of drug-likeness (QED) is 0.0481. The summed E-state index contributed by atoms with van der Waals surface area (Å²) in [6.45, 7) is 0. The molecule has 0 rings (SSSR count). The van der Waals surface area contributed by atoms with E-state index in [2.05, 4.69) is 0 Å². The zero-order valence-corrected chi connectivity index (χ0v) is 29.3. The molecule has 46 heavy (non-hydrogen) atoms. The van der Waals surface area contributed by atoms with E-state index in [0.717, 1.165) is 0 Å². The van der Waals surface area contributed by atoms with E-state index in [0.29, 0.717) is 0 Å². The lowest BCUT2D eigenvalue weighted by Crippen LogP contribution is -2.54. The Hall–Kier alpha value is 1.41. The van der Waals surface area contributed by atoms with Gasteiger partial charge in [-0.3, -0.25) is 41.1 Å². The third kappa shape index (κ3) is 14.9. The lowest BCUT2D eigenvalue weighted by Gasteiger charge is -2.44. The Balaban J connectivity index is 0. The van der Waals surface area contributed by atoms with Crippen molar-refractivity contribution < 1.29 is 129 Å². The van der Waals surface area contributed by atoms with Crippen molar-refractivity contribution in [3.05, 3.63) is 0 Å². The minimum atomic E-state index is -7.18. The molecule has 0 aliphatic carbocycles. The molecular weight excluding hydrogens is 830 g/mol. The van der Waals surface area contributed by atoms with Gasteiger partial charge >= 0.3 is 68.4 Å². The fraction of sp³-hybridized carbons (Fsp3) is 1.00. The third-order valence-electron chi connectivity index (χ3n) is 5.84. The van der Waals surface area contributed by atoms with Crippen molar-refractivity contribution >= 4 is 76.8 Å². The predicted molar refractivity (Wildman–Crippen MR) is 155 cm³/mol. The van der Waals surface area contributed by atoms with E-state index >= 15 is 0 Å². The van der Waals surface area contributed by atoms with Crippen LogP contribution in [0.3, 0.4) is 0 Å². The Morgan fingerprint density at radius 2 is 0.435 bits per heavy atom. The van der Waals surface area contributed by atoms with E-state index in [-0.39, 0.29) is 8.41 Å². The van der Waals surface area contributed by atoms with Gasteiger partial charge in [0.25, 0.3) is 0 Å². The van der Waals surface area contributed by atoms with Gasteiger partial charge in [-0.1, -0.05) is 0 Å². The highest BCUT2D eigenvalue weighted by Gasteiger charge is 2.69. The summed E-state index contributed by atoms with van der Waals surface area (Å²) in [5, 5.41) is 0. The maximum atomic E-state index is 12.7. The first kappa shape index (κ1) is 49.5. The molecule has 6 atom stereocenters. The zero-order valence-electron chi connectivity index (χ0n) is 21.2. The fourth-order valence-electron chi connectivity index (χ4n) is 4.42. The molecule has 0 aliphatic rings. The third-order valence-corrected chi connectivity index (χ3v) is 19.5. The predicted octanol–water partition coefficient (Wildman–Crippen LogP) is -5.02. The molecule has 0 bridgehead atoms. The SMILES string of the molecule is B.O=P(O)(O)CC(C(C(C(C(C(C(CP(=O)(O)O)P(=O)(O)O)P(=O)(O)O)P(=O)(O)O)P(=O)(O)O)P(=O)(O)O)P(=O)(O)O)P(=O)(O)O. The largest absolute Gasteiger partial charge is 0.330 e. The summed E-state index contributed by atoms with van der Waals surface area (Å²) in [6, 6.07) is 0. The van der Waals surface area contributed by atoms with Crippen molar-refractivity contribution in [3.8, 4) is 0 Å². The summed E-state index contributed by atoms with van der Waals surface area (Å²) in [5.74, 6) is 0. The van der Waals surface area contributed by atoms with Gasteiger partial charge in [-0.2, -0.15) is 0 Å². The van der Waals surface area contributed by atoms with Crippen LogP contribution in [0.4, 0.5) is 0 Å². The molecule has 0 heterocycles. The molecule has 0 aromatic rings. The molecule has 18 N–H and O–H groups in total. The van der Waals surface area contributed by atoms with Crippen LogP contribution in [0.1, 0.15) is 0 Å². The van der Waals surface area contributed by atoms with E-state index in [1.165, 1.54) is 0 Å². The van der Waals surface area contributed by atoms with E-state index in [1.807, 2.05) is 0 Å². The van der Waals surface area contributed by atoms with Crippen molar-refractivity contribution in [1.82, 2.24) is 0 Å². The van der Waals surface area contributed by atoms with Crippen LogP contribution >= 0.6 is 68.4 Å². The van der Waals surface area contributed by atoms with Crippen LogP contribution < -0.4 is 0 Å². The molecule has 0 fully saturated rings. The van der Waals surface area contributed by atoms with Gasteiger partial charge in [-0.05, 0) is 0 Å². The molecule has 0 saturated heterocycles. The van der Waals surface area contributed by atoms with Crippen LogP contribution in [0.5, 0.6) is 0 Å². The Kier molecular flexibility index (Phi) is 16.8. The number of rotatable bonds is 17. The summed E-state index contributed by atoms with van der Waals surface area (Å²) < 4.78 is 110. The number of hydrogen-bond donors (Lipinski definition) is 18. The maximum absolute atomic E-state index is 12.7. The van der Waals surface area contributed by atoms with Crippen LogP contribution in [-0.2, 0) is 41.1 Å². The molecule has 0 aliphatic heterocycles. The van der Waals surface area contributed by atoms with Crippen LogP contribution in [0.15, 0.2) is 0 Å². The summed E-state index contributed by atoms with van der Waals surface area (Å²) in [6.07, 6.45) is -4.99. The Morgan fingerprint density at radius 3 is 0.543 bits per heavy atom. The van der Waals surface area contributed by atoms with Gasteiger partial charge in [0.05, 0.1) is 60.3 Å². The highest BCUT2D eigenvalue weighted by Crippen LogP contribution is 2.73. The van der Waals surface area contributed by atoms with Crippen LogP contribution in [-0.4, -0.2) is 148 Å². The minimum Gasteiger partial charge on any atom is -0.324 e. The Morgan fingerprint density at radius 1 is 0.283 bits per heavy atom. The summed E-state index contributed by atoms with van der Waals surface area (Å²) >= 11 is 0. The van der Waals surface area contributed by atoms with Gasteiger partial charge in [0.1, 0.15) is 0 Å². The molecule has 0 radical (unpaired) electrons. The number of hydrogen-bond acceptors (Lipinski definition) is 9. The molecule has 6 unspecified atom stereocenters. The van der Waals surface area contributed by atoms with Crippen LogP contribution in [0.2, 0.25) is 0 Å². The van der Waals surface area contributed by atoms with Gasteiger partial charge in [0, 0.05) is 0 Å². The smallest absolute Gasteiger partial charge is 0.324 e.